The first-order valence-corrected chi connectivity index (χ1v) is 16.7. The Balaban J connectivity index is 2.58. The minimum Gasteiger partial charge on any atom is -0.465 e. The molecule has 0 spiro atoms. The Morgan fingerprint density at radius 1 is 1.13 bits per heavy atom. The molecule has 0 aromatic rings. The van der Waals surface area contributed by atoms with Gasteiger partial charge in [-0.3, -0.25) is 4.79 Å². The van der Waals surface area contributed by atoms with Gasteiger partial charge in [-0.05, 0) is 51.2 Å². The van der Waals surface area contributed by atoms with Crippen LogP contribution in [0.1, 0.15) is 67.2 Å². The minimum atomic E-state index is -2.40. The van der Waals surface area contributed by atoms with Crippen LogP contribution in [0.5, 0.6) is 0 Å². The summed E-state index contributed by atoms with van der Waals surface area (Å²) >= 11 is 0. The quantitative estimate of drug-likeness (QED) is 0.191. The second-order valence-electron chi connectivity index (χ2n) is 12.4. The maximum absolute atomic E-state index is 13.2. The molecule has 0 bridgehead atoms. The molecule has 2 saturated heterocycles. The molecule has 12 heteroatoms. The molecular weight excluding hydrogens is 526 g/mol. The topological polar surface area (TPSA) is 131 Å². The fourth-order valence-corrected chi connectivity index (χ4v) is 6.04. The van der Waals surface area contributed by atoms with Gasteiger partial charge >= 0.3 is 5.97 Å². The van der Waals surface area contributed by atoms with E-state index in [1.54, 1.807) is 0 Å². The number of nitrogens with one attached hydrogen (secondary N) is 1. The summed E-state index contributed by atoms with van der Waals surface area (Å²) < 4.78 is 42.6. The van der Waals surface area contributed by atoms with Gasteiger partial charge in [-0.25, -0.2) is 4.79 Å². The van der Waals surface area contributed by atoms with E-state index in [0.29, 0.717) is 19.4 Å². The van der Waals surface area contributed by atoms with Crippen molar-refractivity contribution in [3.05, 3.63) is 0 Å². The van der Waals surface area contributed by atoms with Crippen molar-refractivity contribution in [3.63, 3.8) is 0 Å². The predicted molar refractivity (Wildman–Crippen MR) is 147 cm³/mol. The highest BCUT2D eigenvalue weighted by Crippen LogP contribution is 2.43. The standard InChI is InChI=1S/C27H51NO10Si/c1-18(30)28-21-19(38-39(9,10)25(2,3)4)16-27(33-8,24(31)32-7)37-23(21)22(34-15-13-11-12-14-29)20-17-35-26(5,6)36-20/h19-23,29H,11-17H2,1-10H3,(H,28,30)/t19-,20+,21+,22+,23+,27-/m0/s1. The molecule has 0 aromatic carbocycles. The van der Waals surface area contributed by atoms with Gasteiger partial charge in [0, 0.05) is 33.7 Å². The van der Waals surface area contributed by atoms with E-state index >= 15 is 0 Å². The number of aliphatic hydroxyl groups is 1. The number of carbonyl (C=O) groups excluding carboxylic acids is 2. The number of carbonyl (C=O) groups is 2. The molecule has 1 amide bonds. The number of esters is 1. The highest BCUT2D eigenvalue weighted by molar-refractivity contribution is 6.74. The van der Waals surface area contributed by atoms with Crippen LogP contribution >= 0.6 is 0 Å². The summed E-state index contributed by atoms with van der Waals surface area (Å²) in [5.74, 6) is -3.61. The smallest absolute Gasteiger partial charge is 0.366 e. The molecule has 11 nitrogen and oxygen atoms in total. The molecule has 0 radical (unpaired) electrons. The van der Waals surface area contributed by atoms with E-state index in [0.717, 1.165) is 6.42 Å². The summed E-state index contributed by atoms with van der Waals surface area (Å²) in [6.07, 6.45) is -0.710. The van der Waals surface area contributed by atoms with Gasteiger partial charge in [0.15, 0.2) is 14.1 Å². The molecule has 0 aliphatic carbocycles. The third-order valence-electron chi connectivity index (χ3n) is 7.83. The molecule has 2 rings (SSSR count). The van der Waals surface area contributed by atoms with Gasteiger partial charge in [0.05, 0.1) is 25.9 Å². The van der Waals surface area contributed by atoms with Crippen molar-refractivity contribution in [3.8, 4) is 0 Å². The van der Waals surface area contributed by atoms with E-state index in [1.807, 2.05) is 13.8 Å². The fourth-order valence-electron chi connectivity index (χ4n) is 4.70. The molecule has 0 saturated carbocycles. The fraction of sp³-hybridized carbons (Fsp3) is 0.926. The number of hydrogen-bond donors (Lipinski definition) is 2. The Bertz CT molecular complexity index is 817. The number of aliphatic hydroxyl groups excluding tert-OH is 1. The molecule has 228 valence electrons. The van der Waals surface area contributed by atoms with Crippen LogP contribution < -0.4 is 5.32 Å². The molecule has 0 unspecified atom stereocenters. The van der Waals surface area contributed by atoms with Crippen LogP contribution in [0.15, 0.2) is 0 Å². The van der Waals surface area contributed by atoms with Crippen LogP contribution in [0.2, 0.25) is 18.1 Å². The van der Waals surface area contributed by atoms with Crippen LogP contribution in [-0.2, 0) is 42.4 Å². The molecular formula is C27H51NO10Si. The van der Waals surface area contributed by atoms with Crippen molar-refractivity contribution in [2.75, 3.05) is 34.0 Å². The Hall–Kier alpha value is -1.12. The van der Waals surface area contributed by atoms with Gasteiger partial charge in [0.1, 0.15) is 18.3 Å². The average molecular weight is 578 g/mol. The first-order valence-electron chi connectivity index (χ1n) is 13.8. The van der Waals surface area contributed by atoms with Crippen LogP contribution in [-0.4, -0.2) is 101 Å². The lowest BCUT2D eigenvalue weighted by Gasteiger charge is -2.51. The number of unbranched alkanes of at least 4 members (excludes halogenated alkanes) is 2. The summed E-state index contributed by atoms with van der Waals surface area (Å²) in [4.78, 5) is 25.7. The molecule has 2 aliphatic rings. The molecule has 2 heterocycles. The molecule has 6 atom stereocenters. The highest BCUT2D eigenvalue weighted by Gasteiger charge is 2.59. The van der Waals surface area contributed by atoms with Crippen molar-refractivity contribution in [2.24, 2.45) is 0 Å². The number of ether oxygens (including phenoxy) is 6. The Morgan fingerprint density at radius 3 is 2.28 bits per heavy atom. The van der Waals surface area contributed by atoms with Crippen molar-refractivity contribution >= 4 is 20.2 Å². The number of hydrogen-bond acceptors (Lipinski definition) is 10. The minimum absolute atomic E-state index is 0.0147. The number of methoxy groups -OCH3 is 2. The van der Waals surface area contributed by atoms with E-state index in [-0.39, 0.29) is 30.6 Å². The first kappa shape index (κ1) is 34.1. The predicted octanol–water partition coefficient (Wildman–Crippen LogP) is 2.89. The first-order chi connectivity index (χ1) is 18.0. The summed E-state index contributed by atoms with van der Waals surface area (Å²) in [5, 5.41) is 12.0. The summed E-state index contributed by atoms with van der Waals surface area (Å²) in [7, 11) is 0.263. The van der Waals surface area contributed by atoms with E-state index in [4.69, 9.17) is 38.0 Å². The molecule has 2 N–H and O–H groups in total. The summed E-state index contributed by atoms with van der Waals surface area (Å²) in [6.45, 7) is 16.3. The number of rotatable bonds is 13. The van der Waals surface area contributed by atoms with Gasteiger partial charge in [0.2, 0.25) is 5.91 Å². The van der Waals surface area contributed by atoms with E-state index in [9.17, 15) is 9.59 Å². The van der Waals surface area contributed by atoms with E-state index in [2.05, 4.69) is 39.2 Å². The lowest BCUT2D eigenvalue weighted by molar-refractivity contribution is -0.307. The van der Waals surface area contributed by atoms with E-state index in [1.165, 1.54) is 21.1 Å². The van der Waals surface area contributed by atoms with Gasteiger partial charge in [-0.15, -0.1) is 0 Å². The zero-order valence-electron chi connectivity index (χ0n) is 25.5. The monoisotopic (exact) mass is 577 g/mol. The maximum Gasteiger partial charge on any atom is 0.366 e. The van der Waals surface area contributed by atoms with Crippen molar-refractivity contribution < 1.29 is 47.5 Å². The van der Waals surface area contributed by atoms with Crippen molar-refractivity contribution in [2.45, 2.75) is 127 Å². The summed E-state index contributed by atoms with van der Waals surface area (Å²) in [6, 6.07) is -0.681. The van der Waals surface area contributed by atoms with Gasteiger partial charge < -0.3 is 43.3 Å². The highest BCUT2D eigenvalue weighted by atomic mass is 28.4. The Kier molecular flexibility index (Phi) is 12.0. The second kappa shape index (κ2) is 13.7. The second-order valence-corrected chi connectivity index (χ2v) is 17.1. The van der Waals surface area contributed by atoms with Crippen LogP contribution in [0.25, 0.3) is 0 Å². The zero-order chi connectivity index (χ0) is 29.6. The SMILES string of the molecule is COC(=O)[C@]1(OC)C[C@H](O[Si](C)(C)C(C)(C)C)[C@@H](NC(C)=O)[C@H]([C@H](OCCCCCO)[C@H]2COC(C)(C)O2)O1. The van der Waals surface area contributed by atoms with Gasteiger partial charge in [-0.1, -0.05) is 20.8 Å². The largest absolute Gasteiger partial charge is 0.465 e. The van der Waals surface area contributed by atoms with Crippen molar-refractivity contribution in [1.29, 1.82) is 0 Å². The maximum atomic E-state index is 13.2. The third kappa shape index (κ3) is 8.68. The average Bonchev–Trinajstić information content (AvgIpc) is 3.20. The molecule has 39 heavy (non-hydrogen) atoms. The molecule has 2 fully saturated rings. The van der Waals surface area contributed by atoms with Crippen LogP contribution in [0.4, 0.5) is 0 Å². The van der Waals surface area contributed by atoms with Crippen molar-refractivity contribution in [1.82, 2.24) is 5.32 Å². The normalized spacial score (nSPS) is 30.1. The third-order valence-corrected chi connectivity index (χ3v) is 12.3. The lowest BCUT2D eigenvalue weighted by atomic mass is 9.88. The summed E-state index contributed by atoms with van der Waals surface area (Å²) in [5.41, 5.74) is 0. The lowest BCUT2D eigenvalue weighted by Crippen LogP contribution is -2.69. The number of amides is 1. The molecule has 2 aliphatic heterocycles. The van der Waals surface area contributed by atoms with Crippen LogP contribution in [0, 0.1) is 0 Å². The molecule has 0 aromatic heterocycles. The zero-order valence-corrected chi connectivity index (χ0v) is 26.5. The van der Waals surface area contributed by atoms with Crippen LogP contribution in [0.3, 0.4) is 0 Å². The Labute approximate surface area is 234 Å². The van der Waals surface area contributed by atoms with Gasteiger partial charge in [-0.2, -0.15) is 0 Å². The Morgan fingerprint density at radius 2 is 1.79 bits per heavy atom. The van der Waals surface area contributed by atoms with Gasteiger partial charge in [0.25, 0.3) is 5.79 Å². The van der Waals surface area contributed by atoms with E-state index < -0.39 is 56.3 Å².